The Kier molecular flexibility index (Phi) is 6.10. The number of unbranched alkanes of at least 4 members (excludes halogenated alkanes) is 5. The largest absolute Gasteiger partial charge is 0.342 e. The number of aromatic amines is 1. The fourth-order valence-electron chi connectivity index (χ4n) is 2.68. The maximum atomic E-state index is 4.68. The lowest BCUT2D eigenvalue weighted by Gasteiger charge is -2.00. The molecule has 0 fully saturated rings. The second-order valence-electron chi connectivity index (χ2n) is 5.80. The van der Waals surface area contributed by atoms with Crippen LogP contribution in [-0.2, 0) is 12.8 Å². The molecule has 2 nitrogen and oxygen atoms in total. The number of fused-ring (bicyclic) bond motifs is 1. The van der Waals surface area contributed by atoms with Crippen LogP contribution in [0.25, 0.3) is 11.0 Å². The van der Waals surface area contributed by atoms with Crippen LogP contribution in [0.2, 0.25) is 0 Å². The van der Waals surface area contributed by atoms with E-state index in [9.17, 15) is 0 Å². The average Bonchev–Trinajstić information content (AvgIpc) is 2.86. The van der Waals surface area contributed by atoms with E-state index in [0.29, 0.717) is 0 Å². The van der Waals surface area contributed by atoms with Crippen molar-refractivity contribution in [1.29, 1.82) is 0 Å². The van der Waals surface area contributed by atoms with E-state index in [1.54, 1.807) is 0 Å². The quantitative estimate of drug-likeness (QED) is 0.607. The van der Waals surface area contributed by atoms with Crippen LogP contribution in [0.1, 0.15) is 70.2 Å². The van der Waals surface area contributed by atoms with Crippen molar-refractivity contribution in [3.05, 3.63) is 29.6 Å². The monoisotopic (exact) mass is 272 g/mol. The van der Waals surface area contributed by atoms with Crippen LogP contribution in [-0.4, -0.2) is 9.97 Å². The van der Waals surface area contributed by atoms with Crippen molar-refractivity contribution in [1.82, 2.24) is 9.97 Å². The lowest BCUT2D eigenvalue weighted by atomic mass is 10.1. The minimum Gasteiger partial charge on any atom is -0.342 e. The van der Waals surface area contributed by atoms with Gasteiger partial charge >= 0.3 is 0 Å². The molecule has 0 spiro atoms. The third-order valence-electron chi connectivity index (χ3n) is 3.93. The predicted molar refractivity (Wildman–Crippen MR) is 87.2 cm³/mol. The Morgan fingerprint density at radius 2 is 1.65 bits per heavy atom. The van der Waals surface area contributed by atoms with Crippen LogP contribution >= 0.6 is 0 Å². The van der Waals surface area contributed by atoms with Gasteiger partial charge in [-0.25, -0.2) is 4.98 Å². The van der Waals surface area contributed by atoms with E-state index >= 15 is 0 Å². The first-order chi connectivity index (χ1) is 9.83. The van der Waals surface area contributed by atoms with Crippen molar-refractivity contribution in [3.8, 4) is 0 Å². The Bertz CT molecular complexity index is 513. The second kappa shape index (κ2) is 8.08. The Hall–Kier alpha value is -1.31. The van der Waals surface area contributed by atoms with Crippen LogP contribution in [0.15, 0.2) is 18.2 Å². The number of aryl methyl sites for hydroxylation is 2. The zero-order chi connectivity index (χ0) is 14.2. The number of H-pyrrole nitrogens is 1. The SMILES string of the molecule is CCCCCCc1ccc2nc(CCCCC)[nH]c2c1. The normalized spacial score (nSPS) is 11.3. The molecular weight excluding hydrogens is 244 g/mol. The van der Waals surface area contributed by atoms with Crippen molar-refractivity contribution >= 4 is 11.0 Å². The number of nitrogens with one attached hydrogen (secondary N) is 1. The van der Waals surface area contributed by atoms with E-state index in [-0.39, 0.29) is 0 Å². The molecule has 2 aromatic rings. The number of imidazole rings is 1. The zero-order valence-corrected chi connectivity index (χ0v) is 13.0. The molecule has 0 aliphatic carbocycles. The van der Waals surface area contributed by atoms with Crippen molar-refractivity contribution in [2.75, 3.05) is 0 Å². The van der Waals surface area contributed by atoms with E-state index < -0.39 is 0 Å². The molecule has 0 saturated heterocycles. The van der Waals surface area contributed by atoms with Gasteiger partial charge in [0.25, 0.3) is 0 Å². The predicted octanol–water partition coefficient (Wildman–Crippen LogP) is 5.42. The first kappa shape index (κ1) is 15.1. The highest BCUT2D eigenvalue weighted by Gasteiger charge is 2.03. The zero-order valence-electron chi connectivity index (χ0n) is 13.0. The summed E-state index contributed by atoms with van der Waals surface area (Å²) in [4.78, 5) is 8.17. The summed E-state index contributed by atoms with van der Waals surface area (Å²) in [6, 6.07) is 6.70. The van der Waals surface area contributed by atoms with Crippen molar-refractivity contribution in [2.45, 2.75) is 71.6 Å². The fraction of sp³-hybridized carbons (Fsp3) is 0.611. The highest BCUT2D eigenvalue weighted by molar-refractivity contribution is 5.75. The Morgan fingerprint density at radius 1 is 0.900 bits per heavy atom. The number of nitrogens with zero attached hydrogens (tertiary/aromatic N) is 1. The van der Waals surface area contributed by atoms with E-state index in [0.717, 1.165) is 17.8 Å². The molecule has 0 bridgehead atoms. The minimum absolute atomic E-state index is 1.08. The van der Waals surface area contributed by atoms with Crippen LogP contribution < -0.4 is 0 Å². The first-order valence-corrected chi connectivity index (χ1v) is 8.31. The van der Waals surface area contributed by atoms with Crippen molar-refractivity contribution < 1.29 is 0 Å². The van der Waals surface area contributed by atoms with E-state index in [1.807, 2.05) is 0 Å². The summed E-state index contributed by atoms with van der Waals surface area (Å²) in [5.74, 6) is 1.15. The van der Waals surface area contributed by atoms with Crippen molar-refractivity contribution in [2.24, 2.45) is 0 Å². The standard InChI is InChI=1S/C18H28N2/c1-3-5-7-9-10-15-12-13-16-17(14-15)20-18(19-16)11-8-6-4-2/h12-14H,3-11H2,1-2H3,(H,19,20). The van der Waals surface area contributed by atoms with Crippen molar-refractivity contribution in [3.63, 3.8) is 0 Å². The molecule has 0 aliphatic rings. The number of rotatable bonds is 9. The number of benzene rings is 1. The van der Waals surface area contributed by atoms with Gasteiger partial charge in [-0.15, -0.1) is 0 Å². The molecule has 0 atom stereocenters. The molecule has 0 unspecified atom stereocenters. The van der Waals surface area contributed by atoms with Crippen LogP contribution in [0.5, 0.6) is 0 Å². The molecule has 2 heteroatoms. The summed E-state index contributed by atoms with van der Waals surface area (Å²) in [6.07, 6.45) is 11.4. The molecule has 0 aliphatic heterocycles. The number of hydrogen-bond donors (Lipinski definition) is 1. The average molecular weight is 272 g/mol. The summed E-state index contributed by atoms with van der Waals surface area (Å²) in [5, 5.41) is 0. The van der Waals surface area contributed by atoms with Crippen LogP contribution in [0, 0.1) is 0 Å². The lowest BCUT2D eigenvalue weighted by Crippen LogP contribution is -1.87. The molecule has 1 aromatic heterocycles. The number of hydrogen-bond acceptors (Lipinski definition) is 1. The van der Waals surface area contributed by atoms with Gasteiger partial charge in [-0.05, 0) is 37.0 Å². The molecule has 1 heterocycles. The topological polar surface area (TPSA) is 28.7 Å². The van der Waals surface area contributed by atoms with Crippen LogP contribution in [0.4, 0.5) is 0 Å². The second-order valence-corrected chi connectivity index (χ2v) is 5.80. The summed E-state index contributed by atoms with van der Waals surface area (Å²) < 4.78 is 0. The van der Waals surface area contributed by atoms with Gasteiger partial charge in [0.1, 0.15) is 5.82 Å². The maximum absolute atomic E-state index is 4.68. The van der Waals surface area contributed by atoms with Gasteiger partial charge < -0.3 is 4.98 Å². The van der Waals surface area contributed by atoms with E-state index in [4.69, 9.17) is 0 Å². The Labute approximate surface area is 123 Å². The molecular formula is C18H28N2. The molecule has 20 heavy (non-hydrogen) atoms. The summed E-state index contributed by atoms with van der Waals surface area (Å²) >= 11 is 0. The van der Waals surface area contributed by atoms with Gasteiger partial charge in [0, 0.05) is 6.42 Å². The molecule has 0 amide bonds. The van der Waals surface area contributed by atoms with E-state index in [2.05, 4.69) is 42.0 Å². The molecule has 110 valence electrons. The highest BCUT2D eigenvalue weighted by Crippen LogP contribution is 2.17. The summed E-state index contributed by atoms with van der Waals surface area (Å²) in [6.45, 7) is 4.50. The molecule has 0 radical (unpaired) electrons. The highest BCUT2D eigenvalue weighted by atomic mass is 14.9. The van der Waals surface area contributed by atoms with Crippen LogP contribution in [0.3, 0.4) is 0 Å². The fourth-order valence-corrected chi connectivity index (χ4v) is 2.68. The van der Waals surface area contributed by atoms with Gasteiger partial charge in [0.2, 0.25) is 0 Å². The van der Waals surface area contributed by atoms with Gasteiger partial charge in [-0.3, -0.25) is 0 Å². The minimum atomic E-state index is 1.08. The molecule has 2 rings (SSSR count). The van der Waals surface area contributed by atoms with Gasteiger partial charge in [0.05, 0.1) is 11.0 Å². The lowest BCUT2D eigenvalue weighted by molar-refractivity contribution is 0.667. The molecule has 1 aromatic carbocycles. The Balaban J connectivity index is 1.94. The summed E-state index contributed by atoms with van der Waals surface area (Å²) in [5.41, 5.74) is 3.77. The van der Waals surface area contributed by atoms with Gasteiger partial charge in [-0.1, -0.05) is 52.0 Å². The van der Waals surface area contributed by atoms with E-state index in [1.165, 1.54) is 62.4 Å². The number of aromatic nitrogens is 2. The Morgan fingerprint density at radius 3 is 2.45 bits per heavy atom. The first-order valence-electron chi connectivity index (χ1n) is 8.31. The molecule has 1 N–H and O–H groups in total. The molecule has 0 saturated carbocycles. The van der Waals surface area contributed by atoms with Gasteiger partial charge in [0.15, 0.2) is 0 Å². The third-order valence-corrected chi connectivity index (χ3v) is 3.93. The maximum Gasteiger partial charge on any atom is 0.107 e. The summed E-state index contributed by atoms with van der Waals surface area (Å²) in [7, 11) is 0. The third kappa shape index (κ3) is 4.36. The smallest absolute Gasteiger partial charge is 0.107 e. The van der Waals surface area contributed by atoms with Gasteiger partial charge in [-0.2, -0.15) is 0 Å².